The molecule has 0 saturated carbocycles. The number of carbonyl (C=O) groups excluding carboxylic acids is 1. The number of aryl methyl sites for hydroxylation is 2. The van der Waals surface area contributed by atoms with Crippen LogP contribution in [0.4, 0.5) is 5.69 Å². The summed E-state index contributed by atoms with van der Waals surface area (Å²) in [5.74, 6) is 0.0125. The summed E-state index contributed by atoms with van der Waals surface area (Å²) in [6.07, 6.45) is 3.46. The number of benzene rings is 1. The summed E-state index contributed by atoms with van der Waals surface area (Å²) >= 11 is 6.06. The summed E-state index contributed by atoms with van der Waals surface area (Å²) in [6.45, 7) is 5.59. The molecule has 0 bridgehead atoms. The van der Waals surface area contributed by atoms with Crippen molar-refractivity contribution < 1.29 is 14.0 Å². The molecule has 1 aromatic carbocycles. The standard InChI is InChI=1S/C25H26ClN5O4/c1-13-9-17(15(3)28-19-7-8-20(26)29-21(19)25(33)31(5)34-6)24-18(10-13)22(32)14(2)23(35-24)16-11-27-30(4)12-16/h7-12,15,28H,1-6H3. The molecule has 35 heavy (non-hydrogen) atoms. The Bertz CT molecular complexity index is 1490. The molecule has 1 N–H and O–H groups in total. The predicted molar refractivity (Wildman–Crippen MR) is 135 cm³/mol. The van der Waals surface area contributed by atoms with Crippen LogP contribution in [0, 0.1) is 13.8 Å². The lowest BCUT2D eigenvalue weighted by atomic mass is 9.99. The molecule has 182 valence electrons. The largest absolute Gasteiger partial charge is 0.455 e. The number of pyridine rings is 1. The molecule has 1 atom stereocenters. The van der Waals surface area contributed by atoms with Gasteiger partial charge in [-0.2, -0.15) is 5.10 Å². The van der Waals surface area contributed by atoms with Crippen LogP contribution in [0.25, 0.3) is 22.3 Å². The highest BCUT2D eigenvalue weighted by molar-refractivity contribution is 6.29. The molecule has 9 nitrogen and oxygen atoms in total. The van der Waals surface area contributed by atoms with Crippen LogP contribution in [-0.4, -0.2) is 39.9 Å². The van der Waals surface area contributed by atoms with Gasteiger partial charge in [-0.1, -0.05) is 17.7 Å². The highest BCUT2D eigenvalue weighted by Gasteiger charge is 2.23. The van der Waals surface area contributed by atoms with E-state index >= 15 is 0 Å². The minimum atomic E-state index is -0.458. The fraction of sp³-hybridized carbons (Fsp3) is 0.280. The Morgan fingerprint density at radius 1 is 1.29 bits per heavy atom. The molecule has 0 aliphatic carbocycles. The van der Waals surface area contributed by atoms with Crippen molar-refractivity contribution in [1.29, 1.82) is 0 Å². The lowest BCUT2D eigenvalue weighted by molar-refractivity contribution is -0.0759. The molecule has 0 saturated heterocycles. The second-order valence-electron chi connectivity index (χ2n) is 8.40. The third kappa shape index (κ3) is 4.65. The average Bonchev–Trinajstić information content (AvgIpc) is 3.27. The average molecular weight is 496 g/mol. The Labute approximate surface area is 207 Å². The van der Waals surface area contributed by atoms with Crippen LogP contribution in [0.5, 0.6) is 0 Å². The van der Waals surface area contributed by atoms with Gasteiger partial charge in [0, 0.05) is 31.4 Å². The van der Waals surface area contributed by atoms with E-state index in [1.807, 2.05) is 26.0 Å². The van der Waals surface area contributed by atoms with Crippen molar-refractivity contribution in [3.63, 3.8) is 0 Å². The van der Waals surface area contributed by atoms with Crippen molar-refractivity contribution in [3.05, 3.63) is 74.4 Å². The zero-order valence-electron chi connectivity index (χ0n) is 20.3. The minimum Gasteiger partial charge on any atom is -0.455 e. The van der Waals surface area contributed by atoms with Crippen LogP contribution in [0.1, 0.15) is 40.1 Å². The van der Waals surface area contributed by atoms with E-state index in [2.05, 4.69) is 15.4 Å². The normalized spacial score (nSPS) is 12.1. The maximum Gasteiger partial charge on any atom is 0.297 e. The van der Waals surface area contributed by atoms with E-state index in [0.29, 0.717) is 33.5 Å². The topological polar surface area (TPSA) is 102 Å². The molecule has 1 amide bonds. The number of aromatic nitrogens is 3. The first kappa shape index (κ1) is 24.4. The molecule has 0 radical (unpaired) electrons. The molecule has 1 unspecified atom stereocenters. The van der Waals surface area contributed by atoms with Crippen LogP contribution in [0.2, 0.25) is 5.15 Å². The van der Waals surface area contributed by atoms with Crippen LogP contribution in [0.3, 0.4) is 0 Å². The maximum absolute atomic E-state index is 13.3. The van der Waals surface area contributed by atoms with Crippen molar-refractivity contribution in [2.24, 2.45) is 7.05 Å². The third-order valence-electron chi connectivity index (χ3n) is 5.82. The third-order valence-corrected chi connectivity index (χ3v) is 6.03. The van der Waals surface area contributed by atoms with Crippen LogP contribution < -0.4 is 10.7 Å². The molecule has 0 aliphatic rings. The van der Waals surface area contributed by atoms with Gasteiger partial charge in [-0.3, -0.25) is 19.1 Å². The van der Waals surface area contributed by atoms with Gasteiger partial charge in [0.25, 0.3) is 5.91 Å². The minimum absolute atomic E-state index is 0.104. The van der Waals surface area contributed by atoms with Crippen molar-refractivity contribution in [1.82, 2.24) is 19.8 Å². The van der Waals surface area contributed by atoms with E-state index in [4.69, 9.17) is 20.9 Å². The second kappa shape index (κ2) is 9.52. The zero-order chi connectivity index (χ0) is 25.4. The van der Waals surface area contributed by atoms with Gasteiger partial charge in [0.15, 0.2) is 11.1 Å². The Morgan fingerprint density at radius 2 is 2.03 bits per heavy atom. The van der Waals surface area contributed by atoms with Crippen molar-refractivity contribution in [2.75, 3.05) is 19.5 Å². The molecule has 3 heterocycles. The number of rotatable bonds is 6. The number of amides is 1. The summed E-state index contributed by atoms with van der Waals surface area (Å²) in [5, 5.41) is 9.27. The van der Waals surface area contributed by atoms with E-state index in [9.17, 15) is 9.59 Å². The Balaban J connectivity index is 1.84. The molecular formula is C25H26ClN5O4. The lowest BCUT2D eigenvalue weighted by Crippen LogP contribution is -2.27. The Morgan fingerprint density at radius 3 is 2.69 bits per heavy atom. The summed E-state index contributed by atoms with van der Waals surface area (Å²) < 4.78 is 8.00. The fourth-order valence-corrected chi connectivity index (χ4v) is 4.11. The first-order chi connectivity index (χ1) is 16.6. The van der Waals surface area contributed by atoms with E-state index < -0.39 is 5.91 Å². The number of nitrogens with zero attached hydrogens (tertiary/aromatic N) is 4. The van der Waals surface area contributed by atoms with Crippen molar-refractivity contribution >= 4 is 34.2 Å². The van der Waals surface area contributed by atoms with Gasteiger partial charge in [-0.25, -0.2) is 10.0 Å². The molecule has 0 fully saturated rings. The van der Waals surface area contributed by atoms with Gasteiger partial charge in [0.2, 0.25) is 0 Å². The van der Waals surface area contributed by atoms with Gasteiger partial charge in [-0.05, 0) is 44.5 Å². The Hall–Kier alpha value is -3.69. The smallest absolute Gasteiger partial charge is 0.297 e. The fourth-order valence-electron chi connectivity index (χ4n) is 3.96. The number of fused-ring (bicyclic) bond motifs is 1. The van der Waals surface area contributed by atoms with E-state index in [-0.39, 0.29) is 22.3 Å². The van der Waals surface area contributed by atoms with Gasteiger partial charge in [-0.15, -0.1) is 0 Å². The number of anilines is 1. The first-order valence-corrected chi connectivity index (χ1v) is 11.3. The van der Waals surface area contributed by atoms with Gasteiger partial charge in [0.1, 0.15) is 16.5 Å². The van der Waals surface area contributed by atoms with E-state index in [1.54, 1.807) is 43.2 Å². The number of hydrogen-bond acceptors (Lipinski definition) is 7. The van der Waals surface area contributed by atoms with Crippen LogP contribution >= 0.6 is 11.6 Å². The number of carbonyl (C=O) groups is 1. The molecule has 0 aliphatic heterocycles. The van der Waals surface area contributed by atoms with E-state index in [0.717, 1.165) is 16.2 Å². The highest BCUT2D eigenvalue weighted by Crippen LogP contribution is 2.32. The molecule has 3 aromatic heterocycles. The van der Waals surface area contributed by atoms with Gasteiger partial charge in [0.05, 0.1) is 36.0 Å². The lowest BCUT2D eigenvalue weighted by Gasteiger charge is -2.21. The number of halogens is 1. The summed E-state index contributed by atoms with van der Waals surface area (Å²) in [6, 6.07) is 6.70. The molecule has 10 heteroatoms. The second-order valence-corrected chi connectivity index (χ2v) is 8.79. The summed E-state index contributed by atoms with van der Waals surface area (Å²) in [7, 11) is 4.68. The summed E-state index contributed by atoms with van der Waals surface area (Å²) in [4.78, 5) is 35.3. The van der Waals surface area contributed by atoms with Crippen molar-refractivity contribution in [3.8, 4) is 11.3 Å². The number of hydroxylamine groups is 2. The van der Waals surface area contributed by atoms with Crippen LogP contribution in [-0.2, 0) is 11.9 Å². The van der Waals surface area contributed by atoms with Crippen molar-refractivity contribution in [2.45, 2.75) is 26.8 Å². The van der Waals surface area contributed by atoms with Gasteiger partial charge < -0.3 is 9.73 Å². The van der Waals surface area contributed by atoms with Gasteiger partial charge >= 0.3 is 0 Å². The Kier molecular flexibility index (Phi) is 6.64. The molecule has 0 spiro atoms. The predicted octanol–water partition coefficient (Wildman–Crippen LogP) is 4.67. The summed E-state index contributed by atoms with van der Waals surface area (Å²) in [5.41, 5.74) is 3.84. The highest BCUT2D eigenvalue weighted by atomic mass is 35.5. The monoisotopic (exact) mass is 495 g/mol. The molecular weight excluding hydrogens is 470 g/mol. The quantitative estimate of drug-likeness (QED) is 0.306. The molecule has 4 aromatic rings. The molecule has 4 rings (SSSR count). The zero-order valence-corrected chi connectivity index (χ0v) is 21.1. The SMILES string of the molecule is CON(C)C(=O)c1nc(Cl)ccc1NC(C)c1cc(C)cc2c(=O)c(C)c(-c3cnn(C)c3)oc12. The first-order valence-electron chi connectivity index (χ1n) is 10.9. The number of nitrogens with one attached hydrogen (secondary N) is 1. The van der Waals surface area contributed by atoms with E-state index in [1.165, 1.54) is 14.2 Å². The maximum atomic E-state index is 13.3. The van der Waals surface area contributed by atoms with Crippen LogP contribution in [0.15, 0.2) is 45.9 Å². The number of hydrogen-bond donors (Lipinski definition) is 1.